The molecule has 1 heterocycles. The molecule has 0 atom stereocenters. The molecular weight excluding hydrogens is 240 g/mol. The van der Waals surface area contributed by atoms with Crippen LogP contribution in [0.5, 0.6) is 0 Å². The quantitative estimate of drug-likeness (QED) is 0.880. The number of nitrogens with two attached hydrogens (primary N) is 1. The molecule has 4 fully saturated rings. The van der Waals surface area contributed by atoms with Crippen LogP contribution in [0.1, 0.15) is 38.5 Å². The number of pyridine rings is 1. The van der Waals surface area contributed by atoms with E-state index in [2.05, 4.69) is 11.1 Å². The van der Waals surface area contributed by atoms with Gasteiger partial charge in [0.15, 0.2) is 0 Å². The van der Waals surface area contributed by atoms with E-state index in [0.717, 1.165) is 23.6 Å². The van der Waals surface area contributed by atoms with Crippen LogP contribution in [0.25, 0.3) is 0 Å². The van der Waals surface area contributed by atoms with E-state index in [-0.39, 0.29) is 0 Å². The molecular formula is C15H20N2S. The molecule has 0 spiro atoms. The van der Waals surface area contributed by atoms with Crippen molar-refractivity contribution in [3.8, 4) is 0 Å². The molecule has 18 heavy (non-hydrogen) atoms. The second-order valence-corrected chi connectivity index (χ2v) is 8.10. The standard InChI is InChI=1S/C15H20N2S/c16-14-13(2-1-3-17-14)18-15-7-10-4-11(8-15)6-12(5-10)9-15/h1-3,10-12H,4-9H2,(H2,16,17). The van der Waals surface area contributed by atoms with Crippen LogP contribution in [-0.2, 0) is 0 Å². The smallest absolute Gasteiger partial charge is 0.137 e. The summed E-state index contributed by atoms with van der Waals surface area (Å²) >= 11 is 2.04. The van der Waals surface area contributed by atoms with E-state index in [1.807, 2.05) is 17.8 Å². The first kappa shape index (κ1) is 11.2. The van der Waals surface area contributed by atoms with Crippen LogP contribution >= 0.6 is 11.8 Å². The molecule has 4 aliphatic rings. The van der Waals surface area contributed by atoms with Gasteiger partial charge in [-0.1, -0.05) is 0 Å². The van der Waals surface area contributed by atoms with Gasteiger partial charge in [-0.2, -0.15) is 0 Å². The zero-order valence-electron chi connectivity index (χ0n) is 10.6. The molecule has 1 aromatic heterocycles. The minimum atomic E-state index is 0.492. The van der Waals surface area contributed by atoms with E-state index in [0.29, 0.717) is 4.75 Å². The average Bonchev–Trinajstić information content (AvgIpc) is 2.30. The van der Waals surface area contributed by atoms with E-state index in [4.69, 9.17) is 5.73 Å². The molecule has 5 rings (SSSR count). The number of nitrogen functional groups attached to an aromatic ring is 1. The summed E-state index contributed by atoms with van der Waals surface area (Å²) in [6.07, 6.45) is 10.5. The summed E-state index contributed by atoms with van der Waals surface area (Å²) in [5, 5.41) is 0. The molecule has 96 valence electrons. The fourth-order valence-electron chi connectivity index (χ4n) is 4.88. The van der Waals surface area contributed by atoms with Crippen molar-refractivity contribution in [2.24, 2.45) is 17.8 Å². The third-order valence-electron chi connectivity index (χ3n) is 5.11. The Labute approximate surface area is 113 Å². The Kier molecular flexibility index (Phi) is 2.41. The molecule has 2 nitrogen and oxygen atoms in total. The van der Waals surface area contributed by atoms with Crippen molar-refractivity contribution in [2.45, 2.75) is 48.2 Å². The van der Waals surface area contributed by atoms with Crippen LogP contribution in [0.4, 0.5) is 5.82 Å². The van der Waals surface area contributed by atoms with Crippen molar-refractivity contribution in [1.82, 2.24) is 4.98 Å². The molecule has 4 aliphatic carbocycles. The lowest BCUT2D eigenvalue weighted by molar-refractivity contribution is 0.0383. The van der Waals surface area contributed by atoms with Gasteiger partial charge in [-0.25, -0.2) is 4.98 Å². The van der Waals surface area contributed by atoms with Gasteiger partial charge >= 0.3 is 0 Å². The second kappa shape index (κ2) is 3.89. The normalized spacial score (nSPS) is 41.2. The minimum absolute atomic E-state index is 0.492. The number of hydrogen-bond acceptors (Lipinski definition) is 3. The molecule has 0 radical (unpaired) electrons. The molecule has 0 saturated heterocycles. The van der Waals surface area contributed by atoms with Crippen LogP contribution in [-0.4, -0.2) is 9.73 Å². The van der Waals surface area contributed by atoms with Crippen molar-refractivity contribution in [3.05, 3.63) is 18.3 Å². The number of thioether (sulfide) groups is 1. The summed E-state index contributed by atoms with van der Waals surface area (Å²) in [5.41, 5.74) is 6.02. The van der Waals surface area contributed by atoms with E-state index < -0.39 is 0 Å². The highest BCUT2D eigenvalue weighted by Gasteiger charge is 2.51. The summed E-state index contributed by atoms with van der Waals surface area (Å²) in [6, 6.07) is 4.16. The Morgan fingerprint density at radius 2 is 1.72 bits per heavy atom. The van der Waals surface area contributed by atoms with Crippen molar-refractivity contribution < 1.29 is 0 Å². The van der Waals surface area contributed by atoms with Crippen LogP contribution in [0.2, 0.25) is 0 Å². The van der Waals surface area contributed by atoms with Gasteiger partial charge in [-0.15, -0.1) is 11.8 Å². The van der Waals surface area contributed by atoms with Gasteiger partial charge < -0.3 is 5.73 Å². The van der Waals surface area contributed by atoms with Crippen LogP contribution < -0.4 is 5.73 Å². The van der Waals surface area contributed by atoms with Crippen molar-refractivity contribution in [2.75, 3.05) is 5.73 Å². The summed E-state index contributed by atoms with van der Waals surface area (Å²) in [7, 11) is 0. The Bertz CT molecular complexity index is 436. The third-order valence-corrected chi connectivity index (χ3v) is 6.61. The van der Waals surface area contributed by atoms with E-state index in [9.17, 15) is 0 Å². The van der Waals surface area contributed by atoms with Crippen molar-refractivity contribution in [3.63, 3.8) is 0 Å². The molecule has 2 N–H and O–H groups in total. The zero-order valence-corrected chi connectivity index (χ0v) is 11.5. The molecule has 4 saturated carbocycles. The van der Waals surface area contributed by atoms with Crippen LogP contribution in [0.15, 0.2) is 23.2 Å². The second-order valence-electron chi connectivity index (χ2n) is 6.59. The molecule has 0 aromatic carbocycles. The average molecular weight is 260 g/mol. The predicted molar refractivity (Wildman–Crippen MR) is 75.4 cm³/mol. The van der Waals surface area contributed by atoms with Gasteiger partial charge in [0, 0.05) is 10.9 Å². The predicted octanol–water partition coefficient (Wildman–Crippen LogP) is 3.72. The minimum Gasteiger partial charge on any atom is -0.383 e. The molecule has 3 heteroatoms. The summed E-state index contributed by atoms with van der Waals surface area (Å²) in [4.78, 5) is 5.44. The molecule has 1 aromatic rings. The Balaban J connectivity index is 1.63. The lowest BCUT2D eigenvalue weighted by atomic mass is 9.56. The largest absolute Gasteiger partial charge is 0.383 e. The number of rotatable bonds is 2. The maximum absolute atomic E-state index is 6.02. The highest BCUT2D eigenvalue weighted by Crippen LogP contribution is 2.62. The molecule has 0 amide bonds. The van der Waals surface area contributed by atoms with Gasteiger partial charge in [0.2, 0.25) is 0 Å². The molecule has 4 bridgehead atoms. The lowest BCUT2D eigenvalue weighted by Gasteiger charge is -2.56. The first-order chi connectivity index (χ1) is 8.72. The van der Waals surface area contributed by atoms with Crippen molar-refractivity contribution in [1.29, 1.82) is 0 Å². The first-order valence-electron chi connectivity index (χ1n) is 7.12. The van der Waals surface area contributed by atoms with E-state index in [1.165, 1.54) is 43.4 Å². The summed E-state index contributed by atoms with van der Waals surface area (Å²) < 4.78 is 0.492. The topological polar surface area (TPSA) is 38.9 Å². The van der Waals surface area contributed by atoms with Gasteiger partial charge in [-0.05, 0) is 68.4 Å². The Morgan fingerprint density at radius 1 is 1.11 bits per heavy atom. The SMILES string of the molecule is Nc1ncccc1SC12CC3CC(CC(C3)C1)C2. The van der Waals surface area contributed by atoms with Gasteiger partial charge in [0.1, 0.15) is 5.82 Å². The maximum Gasteiger partial charge on any atom is 0.137 e. The Hall–Kier alpha value is -0.700. The molecule has 0 unspecified atom stereocenters. The monoisotopic (exact) mass is 260 g/mol. The van der Waals surface area contributed by atoms with Gasteiger partial charge in [0.25, 0.3) is 0 Å². The van der Waals surface area contributed by atoms with Crippen molar-refractivity contribution >= 4 is 17.6 Å². The van der Waals surface area contributed by atoms with Gasteiger partial charge in [0.05, 0.1) is 4.90 Å². The highest BCUT2D eigenvalue weighted by atomic mass is 32.2. The fourth-order valence-corrected chi connectivity index (χ4v) is 6.61. The summed E-state index contributed by atoms with van der Waals surface area (Å²) in [5.74, 6) is 3.73. The van der Waals surface area contributed by atoms with E-state index in [1.54, 1.807) is 6.20 Å². The highest BCUT2D eigenvalue weighted by molar-refractivity contribution is 8.00. The number of aromatic nitrogens is 1. The van der Waals surface area contributed by atoms with E-state index >= 15 is 0 Å². The number of anilines is 1. The first-order valence-corrected chi connectivity index (χ1v) is 7.94. The maximum atomic E-state index is 6.02. The fraction of sp³-hybridized carbons (Fsp3) is 0.667. The molecule has 0 aliphatic heterocycles. The van der Waals surface area contributed by atoms with Gasteiger partial charge in [-0.3, -0.25) is 0 Å². The number of hydrogen-bond donors (Lipinski definition) is 1. The number of nitrogens with zero attached hydrogens (tertiary/aromatic N) is 1. The van der Waals surface area contributed by atoms with Crippen LogP contribution in [0, 0.1) is 17.8 Å². The zero-order chi connectivity index (χ0) is 12.2. The lowest BCUT2D eigenvalue weighted by Crippen LogP contribution is -2.48. The summed E-state index contributed by atoms with van der Waals surface area (Å²) in [6.45, 7) is 0. The third kappa shape index (κ3) is 1.75. The van der Waals surface area contributed by atoms with Crippen LogP contribution in [0.3, 0.4) is 0 Å². The Morgan fingerprint density at radius 3 is 2.28 bits per heavy atom.